The average molecular weight is 621 g/mol. The molecule has 4 aliphatic heterocycles. The van der Waals surface area contributed by atoms with E-state index in [1.54, 1.807) is 0 Å². The highest BCUT2D eigenvalue weighted by molar-refractivity contribution is 6.31. The summed E-state index contributed by atoms with van der Waals surface area (Å²) in [6.07, 6.45) is 19.9. The minimum atomic E-state index is -0.167. The standard InChI is InChI=1S/C40H28N8/c1-5-21-41-25(9-1)37-29-13-15-31(45-29)38(26-10-2-6-22-42-26)33-17-19-35(47-33)40(28-12-4-8-24-44-28)36-20-18-34(48-36)39(27-11-3-7-23-43-27)32-16-14-30(37)46-32/h1-24,29,31,45,48H/b37-30-,38-33-,39-34-,40-36-. The van der Waals surface area contributed by atoms with Crippen LogP contribution in [0.4, 0.5) is 0 Å². The van der Waals surface area contributed by atoms with Crippen LogP contribution >= 0.6 is 0 Å². The summed E-state index contributed by atoms with van der Waals surface area (Å²) in [7, 11) is 0. The molecule has 0 amide bonds. The molecular formula is C40H28N8. The third-order valence-electron chi connectivity index (χ3n) is 8.77. The number of hydrogen-bond donors (Lipinski definition) is 2. The van der Waals surface area contributed by atoms with Crippen molar-refractivity contribution >= 4 is 33.7 Å². The van der Waals surface area contributed by atoms with Gasteiger partial charge in [0.25, 0.3) is 0 Å². The Balaban J connectivity index is 1.38. The van der Waals surface area contributed by atoms with Crippen LogP contribution in [0.3, 0.4) is 0 Å². The van der Waals surface area contributed by atoms with E-state index in [0.29, 0.717) is 0 Å². The van der Waals surface area contributed by atoms with E-state index < -0.39 is 0 Å². The Morgan fingerprint density at radius 2 is 0.854 bits per heavy atom. The zero-order valence-electron chi connectivity index (χ0n) is 25.7. The lowest BCUT2D eigenvalue weighted by atomic mass is 10.0. The molecule has 0 aromatic carbocycles. The highest BCUT2D eigenvalue weighted by atomic mass is 15.0. The molecule has 48 heavy (non-hydrogen) atoms. The maximum absolute atomic E-state index is 5.27. The zero-order chi connectivity index (χ0) is 31.9. The predicted octanol–water partition coefficient (Wildman–Crippen LogP) is 4.75. The molecule has 8 bridgehead atoms. The van der Waals surface area contributed by atoms with Gasteiger partial charge < -0.3 is 4.98 Å². The van der Waals surface area contributed by atoms with Gasteiger partial charge in [0.1, 0.15) is 0 Å². The first-order valence-corrected chi connectivity index (χ1v) is 15.9. The Morgan fingerprint density at radius 3 is 1.25 bits per heavy atom. The van der Waals surface area contributed by atoms with Crippen molar-refractivity contribution < 1.29 is 0 Å². The van der Waals surface area contributed by atoms with E-state index in [2.05, 4.69) is 58.9 Å². The third kappa shape index (κ3) is 4.92. The van der Waals surface area contributed by atoms with Gasteiger partial charge in [-0.05, 0) is 85.0 Å². The molecule has 0 spiro atoms. The number of allylic oxidation sites excluding steroid dienone is 4. The number of aromatic nitrogens is 5. The summed E-state index contributed by atoms with van der Waals surface area (Å²) in [5, 5.41) is 5.64. The molecule has 4 aliphatic rings. The van der Waals surface area contributed by atoms with Crippen LogP contribution < -0.4 is 16.0 Å². The predicted molar refractivity (Wildman–Crippen MR) is 189 cm³/mol. The molecule has 0 aliphatic carbocycles. The number of fused-ring (bicyclic) bond motifs is 6. The van der Waals surface area contributed by atoms with Gasteiger partial charge in [-0.1, -0.05) is 36.4 Å². The average Bonchev–Trinajstić information content (AvgIpc) is 3.98. The summed E-state index contributed by atoms with van der Waals surface area (Å²) in [6, 6.07) is 27.7. The monoisotopic (exact) mass is 620 g/mol. The van der Waals surface area contributed by atoms with Crippen molar-refractivity contribution in [2.75, 3.05) is 0 Å². The molecule has 9 rings (SSSR count). The highest BCUT2D eigenvalue weighted by Gasteiger charge is 2.31. The molecule has 8 heteroatoms. The van der Waals surface area contributed by atoms with Gasteiger partial charge in [-0.2, -0.15) is 0 Å². The number of hydrogen-bond acceptors (Lipinski definition) is 7. The first-order valence-electron chi connectivity index (χ1n) is 15.9. The van der Waals surface area contributed by atoms with Crippen molar-refractivity contribution in [1.82, 2.24) is 30.2 Å². The lowest BCUT2D eigenvalue weighted by Gasteiger charge is -2.21. The maximum atomic E-state index is 5.27. The SMILES string of the molecule is C1=C/C2=C(\c3ccccn3)C3C=CC(N3)/C(c3ccccn3)=C3/C=CC(=N3)/C(c3ccccn3)=c3/cc/c([nH]3)=C(\c3ccccn3)C1=N2. The zero-order valence-corrected chi connectivity index (χ0v) is 25.7. The molecule has 5 aromatic heterocycles. The van der Waals surface area contributed by atoms with Crippen LogP contribution in [0.1, 0.15) is 22.8 Å². The normalized spacial score (nSPS) is 25.0. The Bertz CT molecular complexity index is 2230. The molecule has 8 nitrogen and oxygen atoms in total. The summed E-state index contributed by atoms with van der Waals surface area (Å²) in [4.78, 5) is 33.3. The Morgan fingerprint density at radius 1 is 0.438 bits per heavy atom. The quantitative estimate of drug-likeness (QED) is 0.283. The Labute approximate surface area is 276 Å². The van der Waals surface area contributed by atoms with Crippen molar-refractivity contribution in [2.45, 2.75) is 12.1 Å². The van der Waals surface area contributed by atoms with Crippen molar-refractivity contribution in [3.8, 4) is 0 Å². The van der Waals surface area contributed by atoms with Crippen LogP contribution in [-0.2, 0) is 0 Å². The number of aliphatic imine (C=N–C) groups is 2. The van der Waals surface area contributed by atoms with E-state index in [1.165, 1.54) is 0 Å². The van der Waals surface area contributed by atoms with Crippen LogP contribution in [-0.4, -0.2) is 48.4 Å². The largest absolute Gasteiger partial charge is 0.354 e. The molecule has 0 fully saturated rings. The van der Waals surface area contributed by atoms with E-state index in [-0.39, 0.29) is 12.1 Å². The van der Waals surface area contributed by atoms with Crippen molar-refractivity contribution in [1.29, 1.82) is 0 Å². The van der Waals surface area contributed by atoms with Crippen LogP contribution in [0.25, 0.3) is 22.3 Å². The molecule has 9 heterocycles. The van der Waals surface area contributed by atoms with Crippen molar-refractivity contribution in [3.63, 3.8) is 0 Å². The molecule has 228 valence electrons. The first-order chi connectivity index (χ1) is 23.8. The number of H-pyrrole nitrogens is 1. The van der Waals surface area contributed by atoms with E-state index in [9.17, 15) is 0 Å². The number of nitrogens with one attached hydrogen (secondary N) is 2. The number of nitrogens with zero attached hydrogens (tertiary/aromatic N) is 6. The van der Waals surface area contributed by atoms with Gasteiger partial charge in [-0.15, -0.1) is 0 Å². The molecule has 2 unspecified atom stereocenters. The fraction of sp³-hybridized carbons (Fsp3) is 0.0500. The molecule has 0 saturated heterocycles. The highest BCUT2D eigenvalue weighted by Crippen LogP contribution is 2.35. The van der Waals surface area contributed by atoms with Crippen LogP contribution in [0.2, 0.25) is 0 Å². The first kappa shape index (κ1) is 27.9. The van der Waals surface area contributed by atoms with Gasteiger partial charge in [-0.3, -0.25) is 25.3 Å². The third-order valence-corrected chi connectivity index (χ3v) is 8.77. The van der Waals surface area contributed by atoms with E-state index in [4.69, 9.17) is 29.9 Å². The molecule has 2 atom stereocenters. The molecule has 0 saturated carbocycles. The molecule has 5 aromatic rings. The minimum Gasteiger partial charge on any atom is -0.354 e. The Kier molecular flexibility index (Phi) is 6.84. The second-order valence-corrected chi connectivity index (χ2v) is 11.7. The maximum Gasteiger partial charge on any atom is 0.0752 e. The van der Waals surface area contributed by atoms with Gasteiger partial charge in [-0.25, -0.2) is 9.98 Å². The van der Waals surface area contributed by atoms with Gasteiger partial charge in [0.05, 0.1) is 68.4 Å². The minimum absolute atomic E-state index is 0.167. The van der Waals surface area contributed by atoms with Gasteiger partial charge in [0.2, 0.25) is 0 Å². The fourth-order valence-electron chi connectivity index (χ4n) is 6.65. The second kappa shape index (κ2) is 11.8. The van der Waals surface area contributed by atoms with Gasteiger partial charge in [0.15, 0.2) is 0 Å². The van der Waals surface area contributed by atoms with Crippen molar-refractivity contribution in [3.05, 3.63) is 191 Å². The lowest BCUT2D eigenvalue weighted by molar-refractivity contribution is 0.717. The second-order valence-electron chi connectivity index (χ2n) is 11.7. The van der Waals surface area contributed by atoms with Gasteiger partial charge >= 0.3 is 0 Å². The summed E-state index contributed by atoms with van der Waals surface area (Å²) < 4.78 is 0. The van der Waals surface area contributed by atoms with Crippen molar-refractivity contribution in [2.24, 2.45) is 9.98 Å². The molecular weight excluding hydrogens is 592 g/mol. The number of pyridine rings is 4. The van der Waals surface area contributed by atoms with Crippen LogP contribution in [0.15, 0.2) is 168 Å². The molecule has 0 radical (unpaired) electrons. The summed E-state index contributed by atoms with van der Waals surface area (Å²) in [5.74, 6) is 0. The summed E-state index contributed by atoms with van der Waals surface area (Å²) >= 11 is 0. The summed E-state index contributed by atoms with van der Waals surface area (Å²) in [5.41, 5.74) is 10.4. The lowest BCUT2D eigenvalue weighted by Crippen LogP contribution is -2.33. The smallest absolute Gasteiger partial charge is 0.0752 e. The number of aromatic amines is 1. The van der Waals surface area contributed by atoms with Crippen LogP contribution in [0.5, 0.6) is 0 Å². The topological polar surface area (TPSA) is 104 Å². The summed E-state index contributed by atoms with van der Waals surface area (Å²) in [6.45, 7) is 0. The van der Waals surface area contributed by atoms with Gasteiger partial charge in [0, 0.05) is 47.1 Å². The molecule has 2 N–H and O–H groups in total. The van der Waals surface area contributed by atoms with Crippen LogP contribution in [0, 0.1) is 0 Å². The Hall–Kier alpha value is -6.38. The van der Waals surface area contributed by atoms with E-state index >= 15 is 0 Å². The van der Waals surface area contributed by atoms with E-state index in [0.717, 1.165) is 78.6 Å². The number of rotatable bonds is 4. The van der Waals surface area contributed by atoms with E-state index in [1.807, 2.05) is 97.6 Å². The fourth-order valence-corrected chi connectivity index (χ4v) is 6.65.